The van der Waals surface area contributed by atoms with Crippen LogP contribution in [0.15, 0.2) is 0 Å². The molecule has 1 aliphatic rings. The fourth-order valence-electron chi connectivity index (χ4n) is 1.58. The van der Waals surface area contributed by atoms with Crippen molar-refractivity contribution in [1.82, 2.24) is 5.32 Å². The zero-order valence-corrected chi connectivity index (χ0v) is 7.29. The van der Waals surface area contributed by atoms with E-state index < -0.39 is 0 Å². The highest BCUT2D eigenvalue weighted by Gasteiger charge is 2.35. The highest BCUT2D eigenvalue weighted by atomic mass is 32.1. The summed E-state index contributed by atoms with van der Waals surface area (Å²) in [6.45, 7) is 4.51. The Labute approximate surface area is 67.2 Å². The van der Waals surface area contributed by atoms with Gasteiger partial charge >= 0.3 is 0 Å². The van der Waals surface area contributed by atoms with Crippen LogP contribution in [-0.2, 0) is 0 Å². The lowest BCUT2D eigenvalue weighted by molar-refractivity contribution is 0.141. The van der Waals surface area contributed by atoms with Crippen molar-refractivity contribution in [2.24, 2.45) is 11.1 Å². The van der Waals surface area contributed by atoms with Crippen molar-refractivity contribution in [1.29, 1.82) is 0 Å². The van der Waals surface area contributed by atoms with Gasteiger partial charge in [0.15, 0.2) is 5.11 Å². The number of thiocarbonyl (C=S) groups is 1. The Morgan fingerprint density at radius 3 is 2.40 bits per heavy atom. The summed E-state index contributed by atoms with van der Waals surface area (Å²) in [6, 6.07) is 0.535. The summed E-state index contributed by atoms with van der Waals surface area (Å²) in [4.78, 5) is 0. The molecule has 1 saturated carbocycles. The van der Waals surface area contributed by atoms with E-state index in [2.05, 4.69) is 19.2 Å². The molecule has 0 aromatic carbocycles. The third-order valence-corrected chi connectivity index (χ3v) is 2.06. The van der Waals surface area contributed by atoms with Crippen LogP contribution in [0.25, 0.3) is 0 Å². The van der Waals surface area contributed by atoms with Crippen molar-refractivity contribution in [3.8, 4) is 0 Å². The molecule has 0 heterocycles. The minimum atomic E-state index is 0.431. The second kappa shape index (κ2) is 2.38. The van der Waals surface area contributed by atoms with Gasteiger partial charge in [-0.2, -0.15) is 0 Å². The Morgan fingerprint density at radius 2 is 2.10 bits per heavy atom. The van der Waals surface area contributed by atoms with Crippen molar-refractivity contribution in [2.45, 2.75) is 32.7 Å². The SMILES string of the molecule is CC1(C)CC(NC(N)=S)C1. The summed E-state index contributed by atoms with van der Waals surface area (Å²) in [7, 11) is 0. The standard InChI is InChI=1S/C7H14N2S/c1-7(2)3-5(4-7)9-6(8)10/h5H,3-4H2,1-2H3,(H3,8,9,10). The van der Waals surface area contributed by atoms with Gasteiger partial charge in [0.1, 0.15) is 0 Å². The lowest BCUT2D eigenvalue weighted by atomic mass is 9.68. The highest BCUT2D eigenvalue weighted by molar-refractivity contribution is 7.80. The van der Waals surface area contributed by atoms with E-state index in [1.54, 1.807) is 0 Å². The van der Waals surface area contributed by atoms with Crippen LogP contribution < -0.4 is 11.1 Å². The fraction of sp³-hybridized carbons (Fsp3) is 0.857. The molecule has 3 heteroatoms. The molecule has 1 fully saturated rings. The first-order valence-corrected chi connectivity index (χ1v) is 3.96. The third-order valence-electron chi connectivity index (χ3n) is 1.94. The van der Waals surface area contributed by atoms with Gasteiger partial charge in [-0.15, -0.1) is 0 Å². The number of hydrogen-bond acceptors (Lipinski definition) is 1. The first-order chi connectivity index (χ1) is 4.49. The van der Waals surface area contributed by atoms with Gasteiger partial charge < -0.3 is 11.1 Å². The minimum Gasteiger partial charge on any atom is -0.376 e. The van der Waals surface area contributed by atoms with E-state index in [0.29, 0.717) is 16.6 Å². The first kappa shape index (κ1) is 7.79. The molecule has 0 spiro atoms. The molecule has 0 saturated heterocycles. The summed E-state index contributed by atoms with van der Waals surface area (Å²) in [5, 5.41) is 3.48. The largest absolute Gasteiger partial charge is 0.376 e. The molecule has 0 atom stereocenters. The maximum absolute atomic E-state index is 5.31. The molecule has 1 aliphatic carbocycles. The monoisotopic (exact) mass is 158 g/mol. The molecule has 58 valence electrons. The summed E-state index contributed by atoms with van der Waals surface area (Å²) in [6.07, 6.45) is 2.37. The van der Waals surface area contributed by atoms with Crippen LogP contribution in [0.5, 0.6) is 0 Å². The summed E-state index contributed by atoms with van der Waals surface area (Å²) in [5.41, 5.74) is 5.81. The normalized spacial score (nSPS) is 23.4. The van der Waals surface area contributed by atoms with Crippen molar-refractivity contribution in [2.75, 3.05) is 0 Å². The molecule has 0 aromatic heterocycles. The molecule has 0 radical (unpaired) electrons. The van der Waals surface area contributed by atoms with E-state index in [-0.39, 0.29) is 0 Å². The minimum absolute atomic E-state index is 0.431. The van der Waals surface area contributed by atoms with Crippen molar-refractivity contribution >= 4 is 17.3 Å². The summed E-state index contributed by atoms with van der Waals surface area (Å²) >= 11 is 4.71. The van der Waals surface area contributed by atoms with Gasteiger partial charge in [-0.1, -0.05) is 13.8 Å². The predicted octanol–water partition coefficient (Wildman–Crippen LogP) is 1.01. The van der Waals surface area contributed by atoms with Crippen LogP contribution in [0, 0.1) is 5.41 Å². The van der Waals surface area contributed by atoms with Gasteiger partial charge in [0.25, 0.3) is 0 Å². The molecular formula is C7H14N2S. The lowest BCUT2D eigenvalue weighted by Gasteiger charge is -2.42. The van der Waals surface area contributed by atoms with Gasteiger partial charge in [-0.3, -0.25) is 0 Å². The van der Waals surface area contributed by atoms with Gasteiger partial charge in [-0.25, -0.2) is 0 Å². The molecule has 0 amide bonds. The van der Waals surface area contributed by atoms with E-state index in [1.165, 1.54) is 12.8 Å². The van der Waals surface area contributed by atoms with Crippen LogP contribution in [0.1, 0.15) is 26.7 Å². The fourth-order valence-corrected chi connectivity index (χ4v) is 1.74. The van der Waals surface area contributed by atoms with Gasteiger partial charge in [-0.05, 0) is 30.5 Å². The molecule has 0 bridgehead atoms. The molecule has 3 N–H and O–H groups in total. The highest BCUT2D eigenvalue weighted by Crippen LogP contribution is 2.39. The van der Waals surface area contributed by atoms with Crippen LogP contribution in [0.3, 0.4) is 0 Å². The maximum Gasteiger partial charge on any atom is 0.163 e. The number of rotatable bonds is 1. The Bertz CT molecular complexity index is 146. The van der Waals surface area contributed by atoms with Crippen molar-refractivity contribution < 1.29 is 0 Å². The molecule has 2 nitrogen and oxygen atoms in total. The van der Waals surface area contributed by atoms with Crippen molar-refractivity contribution in [3.05, 3.63) is 0 Å². The lowest BCUT2D eigenvalue weighted by Crippen LogP contribution is -2.49. The predicted molar refractivity (Wildman–Crippen MR) is 46.7 cm³/mol. The summed E-state index contributed by atoms with van der Waals surface area (Å²) < 4.78 is 0. The van der Waals surface area contributed by atoms with Gasteiger partial charge in [0.2, 0.25) is 0 Å². The number of hydrogen-bond donors (Lipinski definition) is 2. The van der Waals surface area contributed by atoms with Crippen LogP contribution in [-0.4, -0.2) is 11.2 Å². The molecule has 1 rings (SSSR count). The maximum atomic E-state index is 5.31. The topological polar surface area (TPSA) is 38.0 Å². The average Bonchev–Trinajstić information content (AvgIpc) is 1.57. The zero-order valence-electron chi connectivity index (χ0n) is 6.48. The first-order valence-electron chi connectivity index (χ1n) is 3.56. The van der Waals surface area contributed by atoms with E-state index in [1.807, 2.05) is 0 Å². The molecule has 10 heavy (non-hydrogen) atoms. The third kappa shape index (κ3) is 1.84. The molecule has 0 aromatic rings. The van der Waals surface area contributed by atoms with Gasteiger partial charge in [0, 0.05) is 6.04 Å². The van der Waals surface area contributed by atoms with Crippen LogP contribution >= 0.6 is 12.2 Å². The second-order valence-electron chi connectivity index (χ2n) is 3.78. The number of nitrogens with two attached hydrogens (primary N) is 1. The smallest absolute Gasteiger partial charge is 0.163 e. The summed E-state index contributed by atoms with van der Waals surface area (Å²) in [5.74, 6) is 0. The Hall–Kier alpha value is -0.310. The van der Waals surface area contributed by atoms with E-state index >= 15 is 0 Å². The Balaban J connectivity index is 2.21. The van der Waals surface area contributed by atoms with Gasteiger partial charge in [0.05, 0.1) is 0 Å². The second-order valence-corrected chi connectivity index (χ2v) is 4.22. The zero-order chi connectivity index (χ0) is 7.78. The molecule has 0 unspecified atom stereocenters. The van der Waals surface area contributed by atoms with Crippen molar-refractivity contribution in [3.63, 3.8) is 0 Å². The average molecular weight is 158 g/mol. The molecule has 0 aliphatic heterocycles. The Morgan fingerprint density at radius 1 is 1.60 bits per heavy atom. The number of nitrogens with one attached hydrogen (secondary N) is 1. The van der Waals surface area contributed by atoms with E-state index in [0.717, 1.165) is 0 Å². The van der Waals surface area contributed by atoms with E-state index in [9.17, 15) is 0 Å². The quantitative estimate of drug-likeness (QED) is 0.559. The Kier molecular flexibility index (Phi) is 1.86. The van der Waals surface area contributed by atoms with E-state index in [4.69, 9.17) is 18.0 Å². The van der Waals surface area contributed by atoms with Crippen LogP contribution in [0.2, 0.25) is 0 Å². The van der Waals surface area contributed by atoms with Crippen LogP contribution in [0.4, 0.5) is 0 Å². The molecular weight excluding hydrogens is 144 g/mol.